The summed E-state index contributed by atoms with van der Waals surface area (Å²) in [7, 11) is 0. The number of aliphatic carboxylic acids is 1. The minimum atomic E-state index is -3.41. The third-order valence-electron chi connectivity index (χ3n) is 4.53. The molecule has 28 heavy (non-hydrogen) atoms. The Kier molecular flexibility index (Phi) is 9.88. The van der Waals surface area contributed by atoms with Crippen molar-refractivity contribution in [2.45, 2.75) is 76.4 Å². The molecule has 0 aliphatic carbocycles. The smallest absolute Gasteiger partial charge is 0.327 e. The summed E-state index contributed by atoms with van der Waals surface area (Å²) in [5, 5.41) is 18.7. The molecule has 5 nitrogen and oxygen atoms in total. The van der Waals surface area contributed by atoms with Gasteiger partial charge < -0.3 is 15.1 Å². The van der Waals surface area contributed by atoms with Crippen molar-refractivity contribution in [3.05, 3.63) is 24.3 Å². The van der Waals surface area contributed by atoms with Gasteiger partial charge in [0, 0.05) is 32.2 Å². The predicted octanol–water partition coefficient (Wildman–Crippen LogP) is 3.53. The minimum absolute atomic E-state index is 0.0798. The molecule has 1 aliphatic heterocycles. The molecule has 1 fully saturated rings. The molecule has 156 valence electrons. The van der Waals surface area contributed by atoms with Crippen LogP contribution in [-0.2, 0) is 9.59 Å². The molecule has 1 aliphatic rings. The van der Waals surface area contributed by atoms with E-state index in [0.29, 0.717) is 44.1 Å². The van der Waals surface area contributed by atoms with Crippen molar-refractivity contribution in [1.29, 1.82) is 0 Å². The third-order valence-corrected chi connectivity index (χ3v) is 4.53. The molecule has 7 heteroatoms. The van der Waals surface area contributed by atoms with E-state index in [0.717, 1.165) is 4.90 Å². The van der Waals surface area contributed by atoms with Crippen LogP contribution in [0.1, 0.15) is 58.3 Å². The van der Waals surface area contributed by atoms with Crippen LogP contribution < -0.4 is 0 Å². The third kappa shape index (κ3) is 7.81. The monoisotopic (exact) mass is 397 g/mol. The lowest BCUT2D eigenvalue weighted by atomic mass is 10.1. The van der Waals surface area contributed by atoms with Crippen LogP contribution in [-0.4, -0.2) is 51.6 Å². The highest BCUT2D eigenvalue weighted by molar-refractivity contribution is 5.86. The van der Waals surface area contributed by atoms with Crippen molar-refractivity contribution in [2.75, 3.05) is 6.54 Å². The van der Waals surface area contributed by atoms with E-state index in [2.05, 4.69) is 18.4 Å². The summed E-state index contributed by atoms with van der Waals surface area (Å²) < 4.78 is 27.7. The summed E-state index contributed by atoms with van der Waals surface area (Å²) >= 11 is 0. The van der Waals surface area contributed by atoms with Crippen molar-refractivity contribution in [3.8, 4) is 11.8 Å². The van der Waals surface area contributed by atoms with Crippen LogP contribution in [0.4, 0.5) is 8.78 Å². The quantitative estimate of drug-likeness (QED) is 0.318. The number of hydrogen-bond acceptors (Lipinski definition) is 3. The number of hydrogen-bond donors (Lipinski definition) is 2. The van der Waals surface area contributed by atoms with E-state index >= 15 is 0 Å². The molecule has 2 N–H and O–H groups in total. The topological polar surface area (TPSA) is 77.8 Å². The van der Waals surface area contributed by atoms with Gasteiger partial charge in [0.2, 0.25) is 0 Å². The molecule has 0 bridgehead atoms. The first kappa shape index (κ1) is 23.8. The molecular weight excluding hydrogens is 368 g/mol. The summed E-state index contributed by atoms with van der Waals surface area (Å²) in [5.74, 6) is 0.258. The predicted molar refractivity (Wildman–Crippen MR) is 103 cm³/mol. The number of carboxylic acids is 1. The van der Waals surface area contributed by atoms with Crippen LogP contribution in [0.2, 0.25) is 0 Å². The van der Waals surface area contributed by atoms with E-state index in [9.17, 15) is 23.5 Å². The molecule has 1 rings (SSSR count). The molecule has 0 aromatic carbocycles. The van der Waals surface area contributed by atoms with Gasteiger partial charge >= 0.3 is 11.9 Å². The molecular formula is C21H29F2NO4. The molecule has 0 spiro atoms. The van der Waals surface area contributed by atoms with Crippen molar-refractivity contribution in [1.82, 2.24) is 4.90 Å². The van der Waals surface area contributed by atoms with Crippen LogP contribution in [0.25, 0.3) is 0 Å². The van der Waals surface area contributed by atoms with Crippen molar-refractivity contribution in [3.63, 3.8) is 0 Å². The van der Waals surface area contributed by atoms with Gasteiger partial charge in [0.1, 0.15) is 0 Å². The van der Waals surface area contributed by atoms with Gasteiger partial charge in [-0.25, -0.2) is 0 Å². The molecule has 2 atom stereocenters. The second-order valence-electron chi connectivity index (χ2n) is 6.90. The fraction of sp³-hybridized carbons (Fsp3) is 0.619. The second-order valence-corrected chi connectivity index (χ2v) is 6.90. The van der Waals surface area contributed by atoms with Gasteiger partial charge in [0.15, 0.2) is 0 Å². The number of carbonyl (C=O) groups excluding carboxylic acids is 1. The summed E-state index contributed by atoms with van der Waals surface area (Å²) in [6.45, 7) is 5.83. The number of nitrogens with zero attached hydrogens (tertiary/aromatic N) is 1. The highest BCUT2D eigenvalue weighted by Crippen LogP contribution is 2.34. The molecule has 1 heterocycles. The Hall–Kier alpha value is -2.20. The Morgan fingerprint density at radius 3 is 2.68 bits per heavy atom. The first-order valence-corrected chi connectivity index (χ1v) is 9.59. The second kappa shape index (κ2) is 11.6. The molecule has 1 saturated heterocycles. The summed E-state index contributed by atoms with van der Waals surface area (Å²) in [4.78, 5) is 23.6. The van der Waals surface area contributed by atoms with E-state index in [1.807, 2.05) is 6.92 Å². The summed E-state index contributed by atoms with van der Waals surface area (Å²) in [6.07, 6.45) is 4.67. The molecule has 0 radical (unpaired) electrons. The lowest BCUT2D eigenvalue weighted by Crippen LogP contribution is -2.36. The SMILES string of the molecule is C=C(CC#CCC)[C@H](O)/C=C/[C@H]1CC(F)(F)C(=O)N1CCCCCCC(=O)O. The first-order chi connectivity index (χ1) is 13.2. The summed E-state index contributed by atoms with van der Waals surface area (Å²) in [5.41, 5.74) is 0.471. The lowest BCUT2D eigenvalue weighted by Gasteiger charge is -2.22. The number of aliphatic hydroxyl groups is 1. The Bertz CT molecular complexity index is 649. The zero-order valence-corrected chi connectivity index (χ0v) is 16.3. The Morgan fingerprint density at radius 1 is 1.36 bits per heavy atom. The molecule has 1 amide bonds. The van der Waals surface area contributed by atoms with Crippen LogP contribution in [0.15, 0.2) is 24.3 Å². The van der Waals surface area contributed by atoms with Crippen LogP contribution >= 0.6 is 0 Å². The number of unbranched alkanes of at least 4 members (excludes halogenated alkanes) is 3. The average Bonchev–Trinajstić information content (AvgIpc) is 2.85. The average molecular weight is 397 g/mol. The van der Waals surface area contributed by atoms with E-state index in [1.54, 1.807) is 0 Å². The number of carbonyl (C=O) groups is 2. The van der Waals surface area contributed by atoms with Crippen molar-refractivity contribution in [2.24, 2.45) is 0 Å². The largest absolute Gasteiger partial charge is 0.481 e. The van der Waals surface area contributed by atoms with Gasteiger partial charge in [-0.1, -0.05) is 44.4 Å². The summed E-state index contributed by atoms with van der Waals surface area (Å²) in [6, 6.07) is -0.786. The number of aliphatic hydroxyl groups excluding tert-OH is 1. The maximum Gasteiger partial charge on any atom is 0.327 e. The highest BCUT2D eigenvalue weighted by atomic mass is 19.3. The van der Waals surface area contributed by atoms with Gasteiger partial charge in [-0.3, -0.25) is 9.59 Å². The van der Waals surface area contributed by atoms with Gasteiger partial charge in [0.25, 0.3) is 5.91 Å². The fourth-order valence-electron chi connectivity index (χ4n) is 2.95. The number of likely N-dealkylation sites (tertiary alicyclic amines) is 1. The number of halogens is 2. The van der Waals surface area contributed by atoms with Crippen LogP contribution in [0.3, 0.4) is 0 Å². The zero-order chi connectivity index (χ0) is 21.2. The Balaban J connectivity index is 2.59. The Labute approximate surface area is 165 Å². The maximum absolute atomic E-state index is 13.9. The lowest BCUT2D eigenvalue weighted by molar-refractivity contribution is -0.148. The molecule has 0 saturated carbocycles. The molecule has 0 unspecified atom stereocenters. The van der Waals surface area contributed by atoms with Crippen LogP contribution in [0, 0.1) is 11.8 Å². The normalized spacial score (nSPS) is 19.5. The maximum atomic E-state index is 13.9. The Morgan fingerprint density at radius 2 is 2.04 bits per heavy atom. The molecule has 0 aromatic heterocycles. The van der Waals surface area contributed by atoms with E-state index < -0.39 is 36.4 Å². The van der Waals surface area contributed by atoms with E-state index in [4.69, 9.17) is 5.11 Å². The molecule has 0 aromatic rings. The van der Waals surface area contributed by atoms with Crippen molar-refractivity contribution >= 4 is 11.9 Å². The first-order valence-electron chi connectivity index (χ1n) is 9.59. The van der Waals surface area contributed by atoms with Gasteiger partial charge in [0.05, 0.1) is 12.1 Å². The van der Waals surface area contributed by atoms with E-state index in [-0.39, 0.29) is 13.0 Å². The number of rotatable bonds is 11. The minimum Gasteiger partial charge on any atom is -0.481 e. The van der Waals surface area contributed by atoms with Gasteiger partial charge in [-0.05, 0) is 18.4 Å². The number of alkyl halides is 2. The zero-order valence-electron chi connectivity index (χ0n) is 16.3. The van der Waals surface area contributed by atoms with Crippen molar-refractivity contribution < 1.29 is 28.6 Å². The standard InChI is InChI=1S/C21H29F2NO4/c1-3-4-7-10-16(2)18(25)13-12-17-15-21(22,23)20(28)24(17)14-9-6-5-8-11-19(26)27/h12-13,17-18,25H,2-3,5-6,8-11,14-15H2,1H3,(H,26,27)/b13-12+/t17-,18+/m0/s1. The van der Waals surface area contributed by atoms with E-state index in [1.165, 1.54) is 12.2 Å². The number of carboxylic acid groups (broad SMARTS) is 1. The van der Waals surface area contributed by atoms with Gasteiger partial charge in [-0.2, -0.15) is 8.78 Å². The van der Waals surface area contributed by atoms with Crippen LogP contribution in [0.5, 0.6) is 0 Å². The highest BCUT2D eigenvalue weighted by Gasteiger charge is 2.52. The number of amides is 1. The fourth-order valence-corrected chi connectivity index (χ4v) is 2.95. The van der Waals surface area contributed by atoms with Gasteiger partial charge in [-0.15, -0.1) is 5.92 Å².